The average Bonchev–Trinajstić information content (AvgIpc) is 2.61. The maximum atomic E-state index is 11.3. The number of aromatic nitrogens is 1. The molecule has 3 aromatic rings. The predicted molar refractivity (Wildman–Crippen MR) is 96.5 cm³/mol. The number of primary sulfonamides is 1. The molecule has 0 bridgehead atoms. The molecular formula is C18H16N4O2S. The lowest BCUT2D eigenvalue weighted by atomic mass is 10.1. The Kier molecular flexibility index (Phi) is 4.65. The highest BCUT2D eigenvalue weighted by Crippen LogP contribution is 2.24. The quantitative estimate of drug-likeness (QED) is 0.733. The molecule has 1 heterocycles. The number of anilines is 1. The first kappa shape index (κ1) is 16.9. The minimum Gasteiger partial charge on any atom is -0.369 e. The van der Waals surface area contributed by atoms with Gasteiger partial charge in [-0.2, -0.15) is 5.26 Å². The monoisotopic (exact) mass is 352 g/mol. The first-order valence-electron chi connectivity index (χ1n) is 7.62. The standard InChI is InChI=1S/C18H16N4O2S/c19-12-15-3-1-2-14-9-11-22-18(17(14)15)21-10-8-13-4-6-16(7-5-13)25(20,23)24/h1-7,9,11H,8,10H2,(H,21,22)(H2,20,23,24). The molecule has 0 atom stereocenters. The largest absolute Gasteiger partial charge is 0.369 e. The Hall–Kier alpha value is -2.95. The van der Waals surface area contributed by atoms with Crippen molar-refractivity contribution in [1.82, 2.24) is 4.98 Å². The van der Waals surface area contributed by atoms with Gasteiger partial charge in [-0.1, -0.05) is 24.3 Å². The van der Waals surface area contributed by atoms with Crippen molar-refractivity contribution in [3.63, 3.8) is 0 Å². The molecule has 0 fully saturated rings. The van der Waals surface area contributed by atoms with Crippen molar-refractivity contribution in [2.24, 2.45) is 5.14 Å². The normalized spacial score (nSPS) is 11.2. The fourth-order valence-corrected chi connectivity index (χ4v) is 3.14. The predicted octanol–water partition coefficient (Wildman–Crippen LogP) is 2.41. The maximum absolute atomic E-state index is 11.3. The highest BCUT2D eigenvalue weighted by atomic mass is 32.2. The van der Waals surface area contributed by atoms with Crippen molar-refractivity contribution in [1.29, 1.82) is 5.26 Å². The van der Waals surface area contributed by atoms with Gasteiger partial charge in [-0.15, -0.1) is 0 Å². The molecule has 7 heteroatoms. The van der Waals surface area contributed by atoms with E-state index >= 15 is 0 Å². The van der Waals surface area contributed by atoms with Crippen LogP contribution in [0.1, 0.15) is 11.1 Å². The topological polar surface area (TPSA) is 109 Å². The number of nitrogens with one attached hydrogen (secondary N) is 1. The van der Waals surface area contributed by atoms with Crippen LogP contribution in [-0.2, 0) is 16.4 Å². The Morgan fingerprint density at radius 2 is 1.88 bits per heavy atom. The van der Waals surface area contributed by atoms with Crippen molar-refractivity contribution in [2.75, 3.05) is 11.9 Å². The van der Waals surface area contributed by atoms with Crippen molar-refractivity contribution >= 4 is 26.6 Å². The van der Waals surface area contributed by atoms with Gasteiger partial charge in [0.2, 0.25) is 10.0 Å². The van der Waals surface area contributed by atoms with Gasteiger partial charge in [0.25, 0.3) is 0 Å². The van der Waals surface area contributed by atoms with E-state index in [0.717, 1.165) is 16.3 Å². The second-order valence-corrected chi connectivity index (χ2v) is 7.10. The van der Waals surface area contributed by atoms with Gasteiger partial charge in [-0.25, -0.2) is 18.5 Å². The lowest BCUT2D eigenvalue weighted by Crippen LogP contribution is -2.12. The summed E-state index contributed by atoms with van der Waals surface area (Å²) in [6, 6.07) is 16.1. The number of hydrogen-bond acceptors (Lipinski definition) is 5. The molecule has 0 aliphatic carbocycles. The minimum atomic E-state index is -3.67. The van der Waals surface area contributed by atoms with Gasteiger partial charge in [-0.05, 0) is 41.6 Å². The van der Waals surface area contributed by atoms with Crippen LogP contribution >= 0.6 is 0 Å². The van der Waals surface area contributed by atoms with Crippen LogP contribution in [0.15, 0.2) is 59.6 Å². The smallest absolute Gasteiger partial charge is 0.238 e. The van der Waals surface area contributed by atoms with E-state index in [0.29, 0.717) is 24.3 Å². The summed E-state index contributed by atoms with van der Waals surface area (Å²) in [5.74, 6) is 0.663. The average molecular weight is 352 g/mol. The number of sulfonamides is 1. The molecule has 2 aromatic carbocycles. The molecule has 0 spiro atoms. The van der Waals surface area contributed by atoms with Crippen LogP contribution in [0.3, 0.4) is 0 Å². The Balaban J connectivity index is 1.75. The molecule has 25 heavy (non-hydrogen) atoms. The Bertz CT molecular complexity index is 1050. The number of benzene rings is 2. The molecule has 0 aliphatic heterocycles. The van der Waals surface area contributed by atoms with Gasteiger partial charge in [0, 0.05) is 18.1 Å². The molecule has 0 saturated heterocycles. The van der Waals surface area contributed by atoms with Crippen molar-refractivity contribution in [3.05, 3.63) is 65.9 Å². The van der Waals surface area contributed by atoms with Gasteiger partial charge >= 0.3 is 0 Å². The summed E-state index contributed by atoms with van der Waals surface area (Å²) in [5, 5.41) is 19.4. The van der Waals surface area contributed by atoms with E-state index in [9.17, 15) is 13.7 Å². The third-order valence-electron chi connectivity index (χ3n) is 3.87. The van der Waals surface area contributed by atoms with E-state index < -0.39 is 10.0 Å². The Morgan fingerprint density at radius 3 is 2.56 bits per heavy atom. The van der Waals surface area contributed by atoms with Crippen LogP contribution in [0.4, 0.5) is 5.82 Å². The fraction of sp³-hybridized carbons (Fsp3) is 0.111. The van der Waals surface area contributed by atoms with Crippen LogP contribution in [-0.4, -0.2) is 19.9 Å². The van der Waals surface area contributed by atoms with Gasteiger partial charge in [-0.3, -0.25) is 0 Å². The number of fused-ring (bicyclic) bond motifs is 1. The van der Waals surface area contributed by atoms with E-state index in [1.165, 1.54) is 12.1 Å². The molecule has 0 aliphatic rings. The summed E-state index contributed by atoms with van der Waals surface area (Å²) in [6.45, 7) is 0.598. The van der Waals surface area contributed by atoms with Gasteiger partial charge in [0.05, 0.1) is 16.5 Å². The first-order chi connectivity index (χ1) is 12.0. The Morgan fingerprint density at radius 1 is 1.12 bits per heavy atom. The van der Waals surface area contributed by atoms with Crippen molar-refractivity contribution in [3.8, 4) is 6.07 Å². The number of nitrogens with zero attached hydrogens (tertiary/aromatic N) is 2. The second kappa shape index (κ2) is 6.89. The molecule has 0 saturated carbocycles. The highest BCUT2D eigenvalue weighted by molar-refractivity contribution is 7.89. The van der Waals surface area contributed by atoms with E-state index in [1.54, 1.807) is 24.4 Å². The number of hydrogen-bond donors (Lipinski definition) is 2. The lowest BCUT2D eigenvalue weighted by molar-refractivity contribution is 0.598. The molecule has 3 rings (SSSR count). The summed E-state index contributed by atoms with van der Waals surface area (Å²) in [6.07, 6.45) is 2.38. The van der Waals surface area contributed by atoms with Crippen LogP contribution in [0.2, 0.25) is 0 Å². The maximum Gasteiger partial charge on any atom is 0.238 e. The first-order valence-corrected chi connectivity index (χ1v) is 9.17. The summed E-state index contributed by atoms with van der Waals surface area (Å²) >= 11 is 0. The molecule has 1 aromatic heterocycles. The van der Waals surface area contributed by atoms with E-state index in [1.807, 2.05) is 18.2 Å². The van der Waals surface area contributed by atoms with Crippen LogP contribution in [0, 0.1) is 11.3 Å². The van der Waals surface area contributed by atoms with Crippen LogP contribution < -0.4 is 10.5 Å². The summed E-state index contributed by atoms with van der Waals surface area (Å²) in [4.78, 5) is 4.43. The van der Waals surface area contributed by atoms with Crippen LogP contribution in [0.25, 0.3) is 10.8 Å². The second-order valence-electron chi connectivity index (χ2n) is 5.54. The minimum absolute atomic E-state index is 0.0959. The molecule has 0 amide bonds. The zero-order valence-electron chi connectivity index (χ0n) is 13.3. The van der Waals surface area contributed by atoms with Crippen LogP contribution in [0.5, 0.6) is 0 Å². The third-order valence-corrected chi connectivity index (χ3v) is 4.80. The zero-order valence-corrected chi connectivity index (χ0v) is 14.1. The van der Waals surface area contributed by atoms with E-state index in [-0.39, 0.29) is 4.90 Å². The van der Waals surface area contributed by atoms with E-state index in [4.69, 9.17) is 5.14 Å². The van der Waals surface area contributed by atoms with Gasteiger partial charge < -0.3 is 5.32 Å². The van der Waals surface area contributed by atoms with Gasteiger partial charge in [0.15, 0.2) is 0 Å². The van der Waals surface area contributed by atoms with Gasteiger partial charge in [0.1, 0.15) is 5.82 Å². The molecule has 3 N–H and O–H groups in total. The summed E-state index contributed by atoms with van der Waals surface area (Å²) in [5.41, 5.74) is 1.55. The lowest BCUT2D eigenvalue weighted by Gasteiger charge is -2.10. The molecule has 0 unspecified atom stereocenters. The Labute approximate surface area is 146 Å². The number of nitrogens with two attached hydrogens (primary N) is 1. The van der Waals surface area contributed by atoms with Crippen molar-refractivity contribution < 1.29 is 8.42 Å². The molecule has 126 valence electrons. The summed E-state index contributed by atoms with van der Waals surface area (Å²) < 4.78 is 22.5. The highest BCUT2D eigenvalue weighted by Gasteiger charge is 2.08. The van der Waals surface area contributed by atoms with E-state index in [2.05, 4.69) is 16.4 Å². The number of nitriles is 1. The van der Waals surface area contributed by atoms with Crippen molar-refractivity contribution in [2.45, 2.75) is 11.3 Å². The molecule has 0 radical (unpaired) electrons. The zero-order chi connectivity index (χ0) is 17.9. The third kappa shape index (κ3) is 3.76. The summed E-state index contributed by atoms with van der Waals surface area (Å²) in [7, 11) is -3.67. The fourth-order valence-electron chi connectivity index (χ4n) is 2.63. The molecule has 6 nitrogen and oxygen atoms in total. The SMILES string of the molecule is N#Cc1cccc2ccnc(NCCc3ccc(S(N)(=O)=O)cc3)c12. The number of rotatable bonds is 5. The number of pyridine rings is 1. The molecular weight excluding hydrogens is 336 g/mol.